The lowest BCUT2D eigenvalue weighted by Crippen LogP contribution is -2.48. The first-order valence-electron chi connectivity index (χ1n) is 10.1. The van der Waals surface area contributed by atoms with Gasteiger partial charge in [-0.15, -0.1) is 0 Å². The Kier molecular flexibility index (Phi) is 7.61. The molecule has 11 heteroatoms. The van der Waals surface area contributed by atoms with E-state index >= 15 is 0 Å². The van der Waals surface area contributed by atoms with Gasteiger partial charge in [0.1, 0.15) is 0 Å². The number of sulfonamides is 1. The number of hydrogen-bond acceptors (Lipinski definition) is 6. The summed E-state index contributed by atoms with van der Waals surface area (Å²) < 4.78 is 55.6. The molecule has 3 rings (SSSR count). The number of hydrogen-bond donors (Lipinski definition) is 1. The number of carbonyl (C=O) groups excluding carboxylic acids is 1. The highest BCUT2D eigenvalue weighted by Gasteiger charge is 2.58. The SMILES string of the molecule is CC(C)OP(=O)(OC(C)C)C1(NS(=O)(=O)c2ccc(Cl)cc2)C=C(Cl)C(=O)c2ccccc21. The van der Waals surface area contributed by atoms with Gasteiger partial charge in [-0.25, -0.2) is 8.42 Å². The second-order valence-corrected chi connectivity index (χ2v) is 12.6. The van der Waals surface area contributed by atoms with Gasteiger partial charge in [0.05, 0.1) is 22.1 Å². The molecule has 0 heterocycles. The summed E-state index contributed by atoms with van der Waals surface area (Å²) in [6.07, 6.45) is -0.106. The number of nitrogens with one attached hydrogen (secondary N) is 1. The van der Waals surface area contributed by atoms with E-state index in [9.17, 15) is 17.8 Å². The maximum absolute atomic E-state index is 14.5. The Bertz CT molecular complexity index is 1230. The van der Waals surface area contributed by atoms with Crippen LogP contribution in [0.4, 0.5) is 0 Å². The van der Waals surface area contributed by atoms with Gasteiger partial charge in [0.15, 0.2) is 5.28 Å². The Balaban J connectivity index is 2.35. The molecule has 1 aliphatic rings. The Hall–Kier alpha value is -1.51. The van der Waals surface area contributed by atoms with Crippen LogP contribution in [0.1, 0.15) is 43.6 Å². The average molecular weight is 532 g/mol. The molecular weight excluding hydrogens is 508 g/mol. The lowest BCUT2D eigenvalue weighted by molar-refractivity contribution is 0.103. The van der Waals surface area contributed by atoms with Crippen LogP contribution >= 0.6 is 30.8 Å². The number of halogens is 2. The molecule has 0 spiro atoms. The van der Waals surface area contributed by atoms with Crippen molar-refractivity contribution < 1.29 is 26.8 Å². The summed E-state index contributed by atoms with van der Waals surface area (Å²) in [5.41, 5.74) is 0.199. The number of rotatable bonds is 8. The van der Waals surface area contributed by atoms with Crippen molar-refractivity contribution in [2.24, 2.45) is 0 Å². The van der Waals surface area contributed by atoms with Crippen LogP contribution in [-0.4, -0.2) is 26.4 Å². The summed E-state index contributed by atoms with van der Waals surface area (Å²) in [7, 11) is -8.72. The fraction of sp³-hybridized carbons (Fsp3) is 0.318. The van der Waals surface area contributed by atoms with E-state index in [0.29, 0.717) is 5.02 Å². The maximum Gasteiger partial charge on any atom is 0.360 e. The molecule has 178 valence electrons. The zero-order valence-electron chi connectivity index (χ0n) is 18.4. The molecule has 0 amide bonds. The molecule has 7 nitrogen and oxygen atoms in total. The van der Waals surface area contributed by atoms with Crippen molar-refractivity contribution in [2.75, 3.05) is 0 Å². The Morgan fingerprint density at radius 3 is 2.03 bits per heavy atom. The van der Waals surface area contributed by atoms with Crippen LogP contribution in [-0.2, 0) is 28.9 Å². The minimum Gasteiger partial charge on any atom is -0.304 e. The van der Waals surface area contributed by atoms with Crippen molar-refractivity contribution in [2.45, 2.75) is 50.1 Å². The van der Waals surface area contributed by atoms with Crippen molar-refractivity contribution in [3.05, 3.63) is 75.8 Å². The Labute approximate surface area is 203 Å². The molecule has 0 aliphatic heterocycles. The quantitative estimate of drug-likeness (QED) is 0.430. The van der Waals surface area contributed by atoms with Crippen molar-refractivity contribution in [1.82, 2.24) is 4.72 Å². The van der Waals surface area contributed by atoms with Crippen LogP contribution in [0.25, 0.3) is 0 Å². The minimum atomic E-state index is -4.39. The Morgan fingerprint density at radius 2 is 1.48 bits per heavy atom. The molecule has 0 fully saturated rings. The minimum absolute atomic E-state index is 0.0868. The third-order valence-electron chi connectivity index (χ3n) is 4.68. The molecular formula is C22H24Cl2NO6PS. The second kappa shape index (κ2) is 9.62. The standard InChI is InChI=1S/C22H24Cl2NO6PS/c1-14(2)30-32(27,31-15(3)4)22(25-33(28,29)17-11-9-16(23)10-12-17)13-20(24)21(26)18-7-5-6-8-19(18)22/h5-15,25H,1-4H3. The predicted molar refractivity (Wildman–Crippen MR) is 128 cm³/mol. The molecule has 1 N–H and O–H groups in total. The van der Waals surface area contributed by atoms with Crippen molar-refractivity contribution in [1.29, 1.82) is 0 Å². The topological polar surface area (TPSA) is 98.8 Å². The van der Waals surface area contributed by atoms with E-state index in [2.05, 4.69) is 4.72 Å². The summed E-state index contributed by atoms with van der Waals surface area (Å²) in [6, 6.07) is 11.6. The van der Waals surface area contributed by atoms with Gasteiger partial charge in [0.2, 0.25) is 15.8 Å². The van der Waals surface area contributed by atoms with E-state index < -0.39 is 40.9 Å². The first kappa shape index (κ1) is 26.1. The summed E-state index contributed by atoms with van der Waals surface area (Å²) >= 11 is 12.2. The third kappa shape index (κ3) is 5.13. The summed E-state index contributed by atoms with van der Waals surface area (Å²) in [6.45, 7) is 6.57. The lowest BCUT2D eigenvalue weighted by atomic mass is 9.92. The molecule has 0 saturated carbocycles. The lowest BCUT2D eigenvalue weighted by Gasteiger charge is -2.41. The van der Waals surface area contributed by atoms with Crippen LogP contribution in [0.3, 0.4) is 0 Å². The first-order chi connectivity index (χ1) is 15.3. The highest BCUT2D eigenvalue weighted by Crippen LogP contribution is 2.67. The number of Topliss-reactive ketones (excluding diaryl/α,β-unsaturated/α-hetero) is 1. The molecule has 0 saturated heterocycles. The highest BCUT2D eigenvalue weighted by atomic mass is 35.5. The summed E-state index contributed by atoms with van der Waals surface area (Å²) in [4.78, 5) is 12.7. The van der Waals surface area contributed by atoms with E-state index in [1.165, 1.54) is 36.4 Å². The highest BCUT2D eigenvalue weighted by molar-refractivity contribution is 7.90. The van der Waals surface area contributed by atoms with Gasteiger partial charge in [-0.1, -0.05) is 47.5 Å². The molecule has 1 aliphatic carbocycles. The van der Waals surface area contributed by atoms with Gasteiger partial charge in [-0.3, -0.25) is 9.36 Å². The van der Waals surface area contributed by atoms with E-state index in [1.807, 2.05) is 0 Å². The van der Waals surface area contributed by atoms with Gasteiger partial charge in [-0.2, -0.15) is 4.72 Å². The molecule has 33 heavy (non-hydrogen) atoms. The van der Waals surface area contributed by atoms with Gasteiger partial charge >= 0.3 is 7.60 Å². The molecule has 0 bridgehead atoms. The molecule has 2 aromatic rings. The fourth-order valence-electron chi connectivity index (χ4n) is 3.46. The fourth-order valence-corrected chi connectivity index (χ4v) is 8.20. The second-order valence-electron chi connectivity index (χ2n) is 8.00. The van der Waals surface area contributed by atoms with Crippen LogP contribution in [0.2, 0.25) is 5.02 Å². The number of allylic oxidation sites excluding steroid dienone is 1. The van der Waals surface area contributed by atoms with Gasteiger partial charge in [-0.05, 0) is 58.0 Å². The predicted octanol–water partition coefficient (Wildman–Crippen LogP) is 5.83. The smallest absolute Gasteiger partial charge is 0.304 e. The molecule has 2 aromatic carbocycles. The number of carbonyl (C=O) groups is 1. The molecule has 1 unspecified atom stereocenters. The van der Waals surface area contributed by atoms with Crippen molar-refractivity contribution >= 4 is 46.6 Å². The largest absolute Gasteiger partial charge is 0.360 e. The van der Waals surface area contributed by atoms with E-state index in [1.54, 1.807) is 39.8 Å². The normalized spacial score (nSPS) is 19.0. The summed E-state index contributed by atoms with van der Waals surface area (Å²) in [5.74, 6) is -0.533. The summed E-state index contributed by atoms with van der Waals surface area (Å²) in [5, 5.41) is -2.08. The van der Waals surface area contributed by atoms with Crippen molar-refractivity contribution in [3.8, 4) is 0 Å². The van der Waals surface area contributed by atoms with Crippen LogP contribution in [0.5, 0.6) is 0 Å². The number of fused-ring (bicyclic) bond motifs is 1. The van der Waals surface area contributed by atoms with Crippen LogP contribution in [0, 0.1) is 0 Å². The zero-order valence-corrected chi connectivity index (χ0v) is 21.6. The zero-order chi connectivity index (χ0) is 24.6. The van der Waals surface area contributed by atoms with E-state index in [0.717, 1.165) is 6.08 Å². The average Bonchev–Trinajstić information content (AvgIpc) is 2.70. The Morgan fingerprint density at radius 1 is 0.939 bits per heavy atom. The van der Waals surface area contributed by atoms with Gasteiger partial charge < -0.3 is 9.05 Å². The molecule has 1 atom stereocenters. The third-order valence-corrected chi connectivity index (χ3v) is 9.59. The first-order valence-corrected chi connectivity index (χ1v) is 13.9. The van der Waals surface area contributed by atoms with E-state index in [4.69, 9.17) is 32.2 Å². The van der Waals surface area contributed by atoms with Gasteiger partial charge in [0.25, 0.3) is 0 Å². The maximum atomic E-state index is 14.5. The van der Waals surface area contributed by atoms with E-state index in [-0.39, 0.29) is 21.1 Å². The van der Waals surface area contributed by atoms with Crippen LogP contribution in [0.15, 0.2) is 64.5 Å². The number of benzene rings is 2. The van der Waals surface area contributed by atoms with Crippen molar-refractivity contribution in [3.63, 3.8) is 0 Å². The van der Waals surface area contributed by atoms with Gasteiger partial charge in [0, 0.05) is 16.1 Å². The molecule has 0 aromatic heterocycles. The molecule has 0 radical (unpaired) electrons. The number of ketones is 1. The van der Waals surface area contributed by atoms with Crippen LogP contribution < -0.4 is 4.72 Å². The monoisotopic (exact) mass is 531 g/mol.